The van der Waals surface area contributed by atoms with E-state index in [1.165, 1.54) is 17.5 Å². The van der Waals surface area contributed by atoms with Crippen molar-refractivity contribution in [3.63, 3.8) is 0 Å². The summed E-state index contributed by atoms with van der Waals surface area (Å²) < 4.78 is 5.57. The van der Waals surface area contributed by atoms with Gasteiger partial charge in [0.25, 0.3) is 0 Å². The third-order valence-corrected chi connectivity index (χ3v) is 3.02. The highest BCUT2D eigenvalue weighted by Crippen LogP contribution is 2.22. The number of ether oxygens (including phenoxy) is 1. The number of hydrogen-bond donors (Lipinski definition) is 1. The van der Waals surface area contributed by atoms with E-state index in [0.717, 1.165) is 5.82 Å². The van der Waals surface area contributed by atoms with Gasteiger partial charge in [-0.25, -0.2) is 9.97 Å². The number of nitrogens with one attached hydrogen (secondary N) is 1. The van der Waals surface area contributed by atoms with Crippen LogP contribution < -0.4 is 10.1 Å². The number of benzene rings is 1. The minimum Gasteiger partial charge on any atom is -0.475 e. The molecule has 0 aliphatic carbocycles. The zero-order valence-corrected chi connectivity index (χ0v) is 12.4. The van der Waals surface area contributed by atoms with E-state index in [1.54, 1.807) is 0 Å². The van der Waals surface area contributed by atoms with Gasteiger partial charge in [0.15, 0.2) is 0 Å². The Hall–Kier alpha value is -2.10. The number of hydrogen-bond acceptors (Lipinski definition) is 4. The summed E-state index contributed by atoms with van der Waals surface area (Å²) in [4.78, 5) is 8.34. The van der Waals surface area contributed by atoms with Gasteiger partial charge in [-0.05, 0) is 38.8 Å². The Bertz CT molecular complexity index is 569. The molecule has 2 aromatic rings. The van der Waals surface area contributed by atoms with Crippen LogP contribution in [0.2, 0.25) is 0 Å². The first-order chi connectivity index (χ1) is 9.56. The fourth-order valence-electron chi connectivity index (χ4n) is 2.10. The summed E-state index contributed by atoms with van der Waals surface area (Å²) in [5.41, 5.74) is 2.53. The van der Waals surface area contributed by atoms with Crippen LogP contribution >= 0.6 is 0 Å². The summed E-state index contributed by atoms with van der Waals surface area (Å²) in [6.45, 7) is 8.19. The number of nitrogens with zero attached hydrogens (tertiary/aromatic N) is 2. The monoisotopic (exact) mass is 271 g/mol. The summed E-state index contributed by atoms with van der Waals surface area (Å²) in [6.07, 6.45) is 1.62. The number of aryl methyl sites for hydroxylation is 1. The molecular formula is C16H21N3O. The fourth-order valence-corrected chi connectivity index (χ4v) is 2.10. The molecule has 0 aliphatic heterocycles. The largest absolute Gasteiger partial charge is 0.475 e. The molecule has 1 unspecified atom stereocenters. The molecule has 1 aromatic carbocycles. The summed E-state index contributed by atoms with van der Waals surface area (Å²) in [7, 11) is 0. The number of aromatic nitrogens is 2. The Balaban J connectivity index is 2.12. The quantitative estimate of drug-likeness (QED) is 0.899. The molecule has 1 aromatic heterocycles. The van der Waals surface area contributed by atoms with Gasteiger partial charge in [0.1, 0.15) is 12.1 Å². The first-order valence-electron chi connectivity index (χ1n) is 6.87. The Labute approximate surface area is 120 Å². The fraction of sp³-hybridized carbons (Fsp3) is 0.375. The smallest absolute Gasteiger partial charge is 0.218 e. The van der Waals surface area contributed by atoms with Crippen LogP contribution in [0, 0.1) is 6.92 Å². The average Bonchev–Trinajstić information content (AvgIpc) is 2.38. The van der Waals surface area contributed by atoms with Crippen LogP contribution in [0.15, 0.2) is 36.7 Å². The van der Waals surface area contributed by atoms with Crippen LogP contribution in [-0.4, -0.2) is 16.1 Å². The van der Waals surface area contributed by atoms with Gasteiger partial charge in [0.2, 0.25) is 5.88 Å². The van der Waals surface area contributed by atoms with Crippen molar-refractivity contribution < 1.29 is 4.74 Å². The lowest BCUT2D eigenvalue weighted by Crippen LogP contribution is -2.11. The maximum absolute atomic E-state index is 5.57. The lowest BCUT2D eigenvalue weighted by atomic mass is 10.0. The number of anilines is 1. The molecule has 1 heterocycles. The van der Waals surface area contributed by atoms with E-state index in [1.807, 2.05) is 32.0 Å². The zero-order valence-electron chi connectivity index (χ0n) is 12.4. The molecule has 0 saturated heterocycles. The molecule has 0 radical (unpaired) electrons. The number of rotatable bonds is 5. The van der Waals surface area contributed by atoms with E-state index in [0.29, 0.717) is 5.88 Å². The van der Waals surface area contributed by atoms with Gasteiger partial charge in [0.05, 0.1) is 12.1 Å². The lowest BCUT2D eigenvalue weighted by molar-refractivity contribution is 0.232. The van der Waals surface area contributed by atoms with Gasteiger partial charge in [-0.1, -0.05) is 24.3 Å². The van der Waals surface area contributed by atoms with Crippen LogP contribution in [0.25, 0.3) is 0 Å². The Kier molecular flexibility index (Phi) is 4.56. The molecule has 20 heavy (non-hydrogen) atoms. The second kappa shape index (κ2) is 6.37. The van der Waals surface area contributed by atoms with Gasteiger partial charge < -0.3 is 10.1 Å². The maximum Gasteiger partial charge on any atom is 0.218 e. The molecule has 2 rings (SSSR count). The Morgan fingerprint density at radius 1 is 1.10 bits per heavy atom. The highest BCUT2D eigenvalue weighted by atomic mass is 16.5. The molecule has 0 bridgehead atoms. The van der Waals surface area contributed by atoms with Crippen LogP contribution in [-0.2, 0) is 0 Å². The lowest BCUT2D eigenvalue weighted by Gasteiger charge is -2.17. The SMILES string of the molecule is Cc1ccccc1C(C)Nc1cc(OC(C)C)ncn1. The van der Waals surface area contributed by atoms with Crippen LogP contribution in [0.4, 0.5) is 5.82 Å². The molecule has 0 saturated carbocycles. The second-order valence-electron chi connectivity index (χ2n) is 5.13. The topological polar surface area (TPSA) is 47.0 Å². The van der Waals surface area contributed by atoms with Gasteiger partial charge in [-0.3, -0.25) is 0 Å². The molecule has 0 spiro atoms. The third kappa shape index (κ3) is 3.70. The van der Waals surface area contributed by atoms with Crippen molar-refractivity contribution in [2.45, 2.75) is 39.8 Å². The molecule has 4 heteroatoms. The van der Waals surface area contributed by atoms with Crippen LogP contribution in [0.1, 0.15) is 37.9 Å². The van der Waals surface area contributed by atoms with Gasteiger partial charge in [-0.15, -0.1) is 0 Å². The van der Waals surface area contributed by atoms with Crippen molar-refractivity contribution in [2.75, 3.05) is 5.32 Å². The first kappa shape index (κ1) is 14.3. The molecule has 0 fully saturated rings. The van der Waals surface area contributed by atoms with Crippen molar-refractivity contribution in [3.8, 4) is 5.88 Å². The molecule has 1 N–H and O–H groups in total. The predicted octanol–water partition coefficient (Wildman–Crippen LogP) is 3.75. The van der Waals surface area contributed by atoms with E-state index >= 15 is 0 Å². The summed E-state index contributed by atoms with van der Waals surface area (Å²) in [6, 6.07) is 10.3. The molecule has 106 valence electrons. The average molecular weight is 271 g/mol. The molecule has 4 nitrogen and oxygen atoms in total. The van der Waals surface area contributed by atoms with E-state index in [9.17, 15) is 0 Å². The highest BCUT2D eigenvalue weighted by molar-refractivity contribution is 5.41. The zero-order chi connectivity index (χ0) is 14.5. The Morgan fingerprint density at radius 3 is 2.55 bits per heavy atom. The molecule has 1 atom stereocenters. The van der Waals surface area contributed by atoms with Crippen molar-refractivity contribution >= 4 is 5.82 Å². The summed E-state index contributed by atoms with van der Waals surface area (Å²) >= 11 is 0. The van der Waals surface area contributed by atoms with Gasteiger partial charge >= 0.3 is 0 Å². The first-order valence-corrected chi connectivity index (χ1v) is 6.87. The molecular weight excluding hydrogens is 250 g/mol. The molecule has 0 aliphatic rings. The summed E-state index contributed by atoms with van der Waals surface area (Å²) in [5, 5.41) is 3.38. The van der Waals surface area contributed by atoms with Crippen LogP contribution in [0.3, 0.4) is 0 Å². The van der Waals surface area contributed by atoms with E-state index in [4.69, 9.17) is 4.74 Å². The minimum absolute atomic E-state index is 0.103. The van der Waals surface area contributed by atoms with Crippen molar-refractivity contribution in [1.82, 2.24) is 9.97 Å². The van der Waals surface area contributed by atoms with Crippen molar-refractivity contribution in [2.24, 2.45) is 0 Å². The third-order valence-electron chi connectivity index (χ3n) is 3.02. The molecule has 0 amide bonds. The maximum atomic E-state index is 5.57. The standard InChI is InChI=1S/C16H21N3O/c1-11(2)20-16-9-15(17-10-18-16)19-13(4)14-8-6-5-7-12(14)3/h5-11,13H,1-4H3,(H,17,18,19). The van der Waals surface area contributed by atoms with E-state index in [-0.39, 0.29) is 12.1 Å². The van der Waals surface area contributed by atoms with Crippen molar-refractivity contribution in [1.29, 1.82) is 0 Å². The van der Waals surface area contributed by atoms with E-state index < -0.39 is 0 Å². The van der Waals surface area contributed by atoms with Gasteiger partial charge in [0, 0.05) is 6.07 Å². The predicted molar refractivity (Wildman–Crippen MR) is 81.0 cm³/mol. The normalized spacial score (nSPS) is 12.2. The minimum atomic E-state index is 0.103. The second-order valence-corrected chi connectivity index (χ2v) is 5.13. The summed E-state index contributed by atoms with van der Waals surface area (Å²) in [5.74, 6) is 1.36. The Morgan fingerprint density at radius 2 is 1.85 bits per heavy atom. The highest BCUT2D eigenvalue weighted by Gasteiger charge is 2.09. The van der Waals surface area contributed by atoms with Crippen molar-refractivity contribution in [3.05, 3.63) is 47.8 Å². The van der Waals surface area contributed by atoms with Crippen LogP contribution in [0.5, 0.6) is 5.88 Å². The van der Waals surface area contributed by atoms with Gasteiger partial charge in [-0.2, -0.15) is 0 Å². The van der Waals surface area contributed by atoms with E-state index in [2.05, 4.69) is 41.3 Å².